The molecule has 2 fully saturated rings. The van der Waals surface area contributed by atoms with Gasteiger partial charge in [-0.2, -0.15) is 4.98 Å². The zero-order valence-corrected chi connectivity index (χ0v) is 13.2. The molecule has 22 heavy (non-hydrogen) atoms. The van der Waals surface area contributed by atoms with Crippen LogP contribution < -0.4 is 5.73 Å². The Hall–Kier alpha value is -1.68. The van der Waals surface area contributed by atoms with Crippen molar-refractivity contribution in [3.8, 4) is 0 Å². The highest BCUT2D eigenvalue weighted by Crippen LogP contribution is 2.54. The number of benzene rings is 1. The predicted molar refractivity (Wildman–Crippen MR) is 84.6 cm³/mol. The minimum Gasteiger partial charge on any atom is -0.339 e. The summed E-state index contributed by atoms with van der Waals surface area (Å²) in [6.07, 6.45) is 4.20. The van der Waals surface area contributed by atoms with Crippen LogP contribution in [0.3, 0.4) is 0 Å². The molecule has 2 saturated carbocycles. The largest absolute Gasteiger partial charge is 0.339 e. The van der Waals surface area contributed by atoms with E-state index in [9.17, 15) is 0 Å². The van der Waals surface area contributed by atoms with E-state index in [4.69, 9.17) is 10.3 Å². The fourth-order valence-corrected chi connectivity index (χ4v) is 3.33. The fourth-order valence-electron chi connectivity index (χ4n) is 3.33. The van der Waals surface area contributed by atoms with Crippen LogP contribution in [0.25, 0.3) is 0 Å². The van der Waals surface area contributed by atoms with Crippen molar-refractivity contribution in [2.75, 3.05) is 0 Å². The predicted octanol–water partition coefficient (Wildman–Crippen LogP) is 3.80. The molecule has 2 aliphatic carbocycles. The van der Waals surface area contributed by atoms with Gasteiger partial charge in [-0.25, -0.2) is 0 Å². The lowest BCUT2D eigenvalue weighted by Crippen LogP contribution is -2.44. The molecular weight excluding hydrogens is 274 g/mol. The quantitative estimate of drug-likeness (QED) is 0.932. The van der Waals surface area contributed by atoms with Gasteiger partial charge < -0.3 is 10.3 Å². The summed E-state index contributed by atoms with van der Waals surface area (Å²) in [7, 11) is 0. The molecule has 1 heterocycles. The Morgan fingerprint density at radius 3 is 2.50 bits per heavy atom. The molecule has 116 valence electrons. The maximum Gasteiger partial charge on any atom is 0.230 e. The number of rotatable bonds is 4. The van der Waals surface area contributed by atoms with Crippen molar-refractivity contribution in [2.24, 2.45) is 5.73 Å². The van der Waals surface area contributed by atoms with E-state index in [0.29, 0.717) is 23.6 Å². The zero-order chi connectivity index (χ0) is 15.3. The van der Waals surface area contributed by atoms with E-state index in [1.165, 1.54) is 11.1 Å². The summed E-state index contributed by atoms with van der Waals surface area (Å²) in [4.78, 5) is 4.58. The molecule has 4 heteroatoms. The van der Waals surface area contributed by atoms with Gasteiger partial charge in [0.2, 0.25) is 5.89 Å². The molecule has 1 aromatic carbocycles. The van der Waals surface area contributed by atoms with E-state index in [-0.39, 0.29) is 5.54 Å². The second kappa shape index (κ2) is 4.92. The molecule has 2 unspecified atom stereocenters. The Morgan fingerprint density at radius 2 is 1.91 bits per heavy atom. The second-order valence-electron chi connectivity index (χ2n) is 7.24. The standard InChI is InChI=1S/C18H23N3O/c1-11(2)12-4-6-13(7-5-12)14-10-15(14)16-20-17(21-22-16)18(19)8-3-9-18/h4-7,11,14-15H,3,8-10,19H2,1-2H3. The average Bonchev–Trinajstić information content (AvgIpc) is 3.13. The molecule has 0 aliphatic heterocycles. The van der Waals surface area contributed by atoms with E-state index < -0.39 is 0 Å². The van der Waals surface area contributed by atoms with E-state index in [1.54, 1.807) is 0 Å². The highest BCUT2D eigenvalue weighted by Gasteiger charge is 2.46. The van der Waals surface area contributed by atoms with Crippen molar-refractivity contribution < 1.29 is 4.52 Å². The smallest absolute Gasteiger partial charge is 0.230 e. The van der Waals surface area contributed by atoms with Gasteiger partial charge in [0.05, 0.1) is 5.54 Å². The van der Waals surface area contributed by atoms with Gasteiger partial charge in [-0.3, -0.25) is 0 Å². The van der Waals surface area contributed by atoms with E-state index in [2.05, 4.69) is 48.3 Å². The Balaban J connectivity index is 1.47. The van der Waals surface area contributed by atoms with Crippen molar-refractivity contribution in [3.63, 3.8) is 0 Å². The molecule has 0 spiro atoms. The lowest BCUT2D eigenvalue weighted by molar-refractivity contribution is 0.229. The zero-order valence-electron chi connectivity index (χ0n) is 13.2. The molecule has 4 nitrogen and oxygen atoms in total. The summed E-state index contributed by atoms with van der Waals surface area (Å²) in [5.41, 5.74) is 8.70. The Morgan fingerprint density at radius 1 is 1.18 bits per heavy atom. The van der Waals surface area contributed by atoms with Crippen molar-refractivity contribution in [2.45, 2.75) is 62.8 Å². The first kappa shape index (κ1) is 13.9. The van der Waals surface area contributed by atoms with E-state index >= 15 is 0 Å². The molecule has 0 radical (unpaired) electrons. The van der Waals surface area contributed by atoms with Gasteiger partial charge in [0.15, 0.2) is 5.82 Å². The van der Waals surface area contributed by atoms with Crippen LogP contribution in [-0.4, -0.2) is 10.1 Å². The number of aromatic nitrogens is 2. The summed E-state index contributed by atoms with van der Waals surface area (Å²) in [5, 5.41) is 4.13. The molecule has 0 bridgehead atoms. The van der Waals surface area contributed by atoms with Gasteiger partial charge >= 0.3 is 0 Å². The van der Waals surface area contributed by atoms with Crippen LogP contribution in [0.2, 0.25) is 0 Å². The molecule has 2 N–H and O–H groups in total. The van der Waals surface area contributed by atoms with Crippen LogP contribution in [-0.2, 0) is 5.54 Å². The maximum absolute atomic E-state index is 6.26. The average molecular weight is 297 g/mol. The Bertz CT molecular complexity index is 670. The van der Waals surface area contributed by atoms with E-state index in [0.717, 1.165) is 31.6 Å². The lowest BCUT2D eigenvalue weighted by atomic mass is 9.77. The fraction of sp³-hybridized carbons (Fsp3) is 0.556. The molecule has 0 saturated heterocycles. The van der Waals surface area contributed by atoms with Crippen LogP contribution in [0.15, 0.2) is 28.8 Å². The topological polar surface area (TPSA) is 64.9 Å². The highest BCUT2D eigenvalue weighted by molar-refractivity contribution is 5.34. The van der Waals surface area contributed by atoms with Crippen molar-refractivity contribution >= 4 is 0 Å². The number of nitrogens with zero attached hydrogens (tertiary/aromatic N) is 2. The van der Waals surface area contributed by atoms with Crippen molar-refractivity contribution in [1.29, 1.82) is 0 Å². The van der Waals surface area contributed by atoms with Crippen LogP contribution in [0.5, 0.6) is 0 Å². The minimum absolute atomic E-state index is 0.328. The SMILES string of the molecule is CC(C)c1ccc(C2CC2c2nc(C3(N)CCC3)no2)cc1. The lowest BCUT2D eigenvalue weighted by Gasteiger charge is -2.34. The first-order valence-electron chi connectivity index (χ1n) is 8.30. The molecule has 2 atom stereocenters. The molecular formula is C18H23N3O. The Kier molecular flexibility index (Phi) is 3.12. The number of nitrogens with two attached hydrogens (primary N) is 1. The molecule has 0 amide bonds. The summed E-state index contributed by atoms with van der Waals surface area (Å²) in [6, 6.07) is 8.96. The Labute approximate surface area is 131 Å². The second-order valence-corrected chi connectivity index (χ2v) is 7.24. The number of hydrogen-bond acceptors (Lipinski definition) is 4. The third-order valence-corrected chi connectivity index (χ3v) is 5.27. The van der Waals surface area contributed by atoms with Gasteiger partial charge in [-0.05, 0) is 48.6 Å². The molecule has 1 aromatic heterocycles. The monoisotopic (exact) mass is 297 g/mol. The normalized spacial score (nSPS) is 26.0. The summed E-state index contributed by atoms with van der Waals surface area (Å²) in [6.45, 7) is 4.44. The van der Waals surface area contributed by atoms with Crippen LogP contribution >= 0.6 is 0 Å². The van der Waals surface area contributed by atoms with Crippen molar-refractivity contribution in [1.82, 2.24) is 10.1 Å². The maximum atomic E-state index is 6.26. The minimum atomic E-state index is -0.328. The molecule has 2 aliphatic rings. The van der Waals surface area contributed by atoms with Gasteiger partial charge in [0.1, 0.15) is 0 Å². The van der Waals surface area contributed by atoms with Gasteiger partial charge in [0.25, 0.3) is 0 Å². The molecule has 4 rings (SSSR count). The van der Waals surface area contributed by atoms with E-state index in [1.807, 2.05) is 0 Å². The van der Waals surface area contributed by atoms with Gasteiger partial charge in [0, 0.05) is 5.92 Å². The third kappa shape index (κ3) is 2.26. The third-order valence-electron chi connectivity index (χ3n) is 5.27. The van der Waals surface area contributed by atoms with Crippen LogP contribution in [0.1, 0.15) is 80.1 Å². The van der Waals surface area contributed by atoms with Crippen LogP contribution in [0.4, 0.5) is 0 Å². The van der Waals surface area contributed by atoms with Crippen molar-refractivity contribution in [3.05, 3.63) is 47.1 Å². The first-order valence-corrected chi connectivity index (χ1v) is 8.30. The summed E-state index contributed by atoms with van der Waals surface area (Å²) in [5.74, 6) is 2.93. The first-order chi connectivity index (χ1) is 10.6. The van der Waals surface area contributed by atoms with Gasteiger partial charge in [-0.1, -0.05) is 43.3 Å². The summed E-state index contributed by atoms with van der Waals surface area (Å²) < 4.78 is 5.48. The van der Waals surface area contributed by atoms with Crippen LogP contribution in [0, 0.1) is 0 Å². The van der Waals surface area contributed by atoms with Gasteiger partial charge in [-0.15, -0.1) is 0 Å². The number of hydrogen-bond donors (Lipinski definition) is 1. The summed E-state index contributed by atoms with van der Waals surface area (Å²) >= 11 is 0. The molecule has 2 aromatic rings. The highest BCUT2D eigenvalue weighted by atomic mass is 16.5.